The lowest BCUT2D eigenvalue weighted by Crippen LogP contribution is -2.12. The maximum absolute atomic E-state index is 12.4. The van der Waals surface area contributed by atoms with E-state index in [1.807, 2.05) is 12.1 Å². The molecule has 0 unspecified atom stereocenters. The molecule has 0 aliphatic rings. The third kappa shape index (κ3) is 4.65. The van der Waals surface area contributed by atoms with Crippen molar-refractivity contribution >= 4 is 17.8 Å². The van der Waals surface area contributed by atoms with Crippen LogP contribution in [0, 0.1) is 11.3 Å². The largest absolute Gasteiger partial charge is 0.463 e. The van der Waals surface area contributed by atoms with Gasteiger partial charge in [-0.1, -0.05) is 42.5 Å². The molecule has 2 aromatic rings. The molecule has 2 aromatic carbocycles. The van der Waals surface area contributed by atoms with Crippen molar-refractivity contribution < 1.29 is 14.3 Å². The summed E-state index contributed by atoms with van der Waals surface area (Å²) in [4.78, 5) is 24.5. The molecule has 0 fully saturated rings. The van der Waals surface area contributed by atoms with E-state index >= 15 is 0 Å². The van der Waals surface area contributed by atoms with E-state index < -0.39 is 5.97 Å². The van der Waals surface area contributed by atoms with Crippen LogP contribution in [0.25, 0.3) is 6.08 Å². The lowest BCUT2D eigenvalue weighted by atomic mass is 10.0. The van der Waals surface area contributed by atoms with Crippen LogP contribution in [0.4, 0.5) is 0 Å². The summed E-state index contributed by atoms with van der Waals surface area (Å²) < 4.78 is 5.05. The number of carbonyl (C=O) groups excluding carboxylic acids is 2. The van der Waals surface area contributed by atoms with Gasteiger partial charge in [-0.2, -0.15) is 5.26 Å². The molecule has 0 saturated carbocycles. The summed E-state index contributed by atoms with van der Waals surface area (Å²) >= 11 is 0. The van der Waals surface area contributed by atoms with Crippen LogP contribution in [-0.2, 0) is 9.53 Å². The average molecular weight is 319 g/mol. The first-order valence-corrected chi connectivity index (χ1v) is 7.60. The molecule has 0 aromatic heterocycles. The first kappa shape index (κ1) is 17.2. The van der Waals surface area contributed by atoms with Crippen molar-refractivity contribution in [2.75, 3.05) is 6.61 Å². The van der Waals surface area contributed by atoms with Crippen molar-refractivity contribution in [2.45, 2.75) is 13.3 Å². The quantitative estimate of drug-likeness (QED) is 0.462. The van der Waals surface area contributed by atoms with Gasteiger partial charge in [0, 0.05) is 17.6 Å². The monoisotopic (exact) mass is 319 g/mol. The minimum absolute atomic E-state index is 0.0388. The minimum atomic E-state index is -0.508. The molecule has 0 atom stereocenters. The van der Waals surface area contributed by atoms with E-state index in [4.69, 9.17) is 10.00 Å². The topological polar surface area (TPSA) is 67.2 Å². The zero-order valence-corrected chi connectivity index (χ0v) is 13.4. The first-order valence-electron chi connectivity index (χ1n) is 7.60. The number of hydrogen-bond acceptors (Lipinski definition) is 4. The maximum atomic E-state index is 12.4. The highest BCUT2D eigenvalue weighted by Gasteiger charge is 2.16. The van der Waals surface area contributed by atoms with Crippen LogP contribution in [0.1, 0.15) is 34.8 Å². The molecular formula is C20H17NO3. The van der Waals surface area contributed by atoms with Crippen molar-refractivity contribution in [3.63, 3.8) is 0 Å². The molecule has 0 spiro atoms. The molecule has 4 nitrogen and oxygen atoms in total. The number of nitriles is 1. The molecule has 0 amide bonds. The SMILES string of the molecule is CCOC(=O)/C(=C/c1ccc(C#N)cc1)CC(=O)c1ccccc1. The van der Waals surface area contributed by atoms with E-state index in [-0.39, 0.29) is 24.4 Å². The van der Waals surface area contributed by atoms with Gasteiger partial charge in [0.05, 0.1) is 18.2 Å². The zero-order valence-electron chi connectivity index (χ0n) is 13.4. The van der Waals surface area contributed by atoms with Crippen molar-refractivity contribution in [2.24, 2.45) is 0 Å². The van der Waals surface area contributed by atoms with E-state index in [1.165, 1.54) is 0 Å². The summed E-state index contributed by atoms with van der Waals surface area (Å²) in [7, 11) is 0. The van der Waals surface area contributed by atoms with Gasteiger partial charge < -0.3 is 4.74 Å². The Morgan fingerprint density at radius 2 is 1.75 bits per heavy atom. The Kier molecular flexibility index (Phi) is 6.04. The van der Waals surface area contributed by atoms with Gasteiger partial charge in [0.15, 0.2) is 5.78 Å². The Labute approximate surface area is 141 Å². The van der Waals surface area contributed by atoms with Crippen LogP contribution in [-0.4, -0.2) is 18.4 Å². The van der Waals surface area contributed by atoms with Gasteiger partial charge >= 0.3 is 5.97 Å². The summed E-state index contributed by atoms with van der Waals surface area (Å²) in [6.07, 6.45) is 1.59. The van der Waals surface area contributed by atoms with Gasteiger partial charge in [-0.15, -0.1) is 0 Å². The normalized spacial score (nSPS) is 10.8. The van der Waals surface area contributed by atoms with Crippen molar-refractivity contribution in [1.82, 2.24) is 0 Å². The van der Waals surface area contributed by atoms with Crippen LogP contribution in [0.3, 0.4) is 0 Å². The standard InChI is InChI=1S/C20H17NO3/c1-2-24-20(23)18(12-15-8-10-16(14-21)11-9-15)13-19(22)17-6-4-3-5-7-17/h3-12H,2,13H2,1H3/b18-12+. The van der Waals surface area contributed by atoms with Crippen molar-refractivity contribution in [3.05, 3.63) is 76.9 Å². The van der Waals surface area contributed by atoms with Crippen LogP contribution in [0.15, 0.2) is 60.2 Å². The predicted octanol–water partition coefficient (Wildman–Crippen LogP) is 3.78. The van der Waals surface area contributed by atoms with Gasteiger partial charge in [-0.05, 0) is 30.7 Å². The lowest BCUT2D eigenvalue weighted by molar-refractivity contribution is -0.138. The molecule has 0 N–H and O–H groups in total. The molecule has 4 heteroatoms. The number of nitrogens with zero attached hydrogens (tertiary/aromatic N) is 1. The second-order valence-corrected chi connectivity index (χ2v) is 5.09. The van der Waals surface area contributed by atoms with E-state index in [0.717, 1.165) is 5.56 Å². The molecule has 0 aliphatic carbocycles. The van der Waals surface area contributed by atoms with Crippen LogP contribution in [0.2, 0.25) is 0 Å². The maximum Gasteiger partial charge on any atom is 0.334 e. The number of hydrogen-bond donors (Lipinski definition) is 0. The van der Waals surface area contributed by atoms with Gasteiger partial charge in [0.25, 0.3) is 0 Å². The fourth-order valence-corrected chi connectivity index (χ4v) is 2.16. The number of carbonyl (C=O) groups is 2. The first-order chi connectivity index (χ1) is 11.6. The molecule has 0 aliphatic heterocycles. The molecular weight excluding hydrogens is 302 g/mol. The van der Waals surface area contributed by atoms with E-state index in [1.54, 1.807) is 61.5 Å². The molecule has 0 radical (unpaired) electrons. The Hall–Kier alpha value is -3.19. The fourth-order valence-electron chi connectivity index (χ4n) is 2.16. The van der Waals surface area contributed by atoms with Gasteiger partial charge in [0.1, 0.15) is 0 Å². The molecule has 0 bridgehead atoms. The van der Waals surface area contributed by atoms with Crippen LogP contribution in [0.5, 0.6) is 0 Å². The van der Waals surface area contributed by atoms with Gasteiger partial charge in [0.2, 0.25) is 0 Å². The number of ether oxygens (including phenoxy) is 1. The molecule has 24 heavy (non-hydrogen) atoms. The Bertz CT molecular complexity index is 784. The number of esters is 1. The number of rotatable bonds is 6. The Morgan fingerprint density at radius 1 is 1.08 bits per heavy atom. The van der Waals surface area contributed by atoms with Crippen molar-refractivity contribution in [3.8, 4) is 6.07 Å². The second kappa shape index (κ2) is 8.44. The van der Waals surface area contributed by atoms with Gasteiger partial charge in [-0.3, -0.25) is 4.79 Å². The highest BCUT2D eigenvalue weighted by molar-refractivity contribution is 6.05. The van der Waals surface area contributed by atoms with Crippen molar-refractivity contribution in [1.29, 1.82) is 5.26 Å². The number of Topliss-reactive ketones (excluding diaryl/α,β-unsaturated/α-hetero) is 1. The zero-order chi connectivity index (χ0) is 17.4. The van der Waals surface area contributed by atoms with E-state index in [2.05, 4.69) is 0 Å². The summed E-state index contributed by atoms with van der Waals surface area (Å²) in [5.74, 6) is -0.658. The summed E-state index contributed by atoms with van der Waals surface area (Å²) in [5, 5.41) is 8.83. The van der Waals surface area contributed by atoms with Crippen LogP contribution < -0.4 is 0 Å². The molecule has 0 saturated heterocycles. The molecule has 2 rings (SSSR count). The third-order valence-corrected chi connectivity index (χ3v) is 3.37. The Morgan fingerprint density at radius 3 is 2.33 bits per heavy atom. The Balaban J connectivity index is 2.27. The van der Waals surface area contributed by atoms with Crippen LogP contribution >= 0.6 is 0 Å². The summed E-state index contributed by atoms with van der Waals surface area (Å²) in [5.41, 5.74) is 2.10. The van der Waals surface area contributed by atoms with E-state index in [0.29, 0.717) is 11.1 Å². The lowest BCUT2D eigenvalue weighted by Gasteiger charge is -2.07. The molecule has 120 valence electrons. The smallest absolute Gasteiger partial charge is 0.334 e. The summed E-state index contributed by atoms with van der Waals surface area (Å²) in [6.45, 7) is 1.96. The highest BCUT2D eigenvalue weighted by atomic mass is 16.5. The average Bonchev–Trinajstić information content (AvgIpc) is 2.62. The van der Waals surface area contributed by atoms with E-state index in [9.17, 15) is 9.59 Å². The fraction of sp³-hybridized carbons (Fsp3) is 0.150. The predicted molar refractivity (Wildman–Crippen MR) is 91.2 cm³/mol. The molecule has 0 heterocycles. The number of ketones is 1. The third-order valence-electron chi connectivity index (χ3n) is 3.37. The number of benzene rings is 2. The highest BCUT2D eigenvalue weighted by Crippen LogP contribution is 2.16. The minimum Gasteiger partial charge on any atom is -0.463 e. The second-order valence-electron chi connectivity index (χ2n) is 5.09. The summed E-state index contributed by atoms with van der Waals surface area (Å²) in [6, 6.07) is 17.6. The van der Waals surface area contributed by atoms with Gasteiger partial charge in [-0.25, -0.2) is 4.79 Å².